The van der Waals surface area contributed by atoms with E-state index in [1.54, 1.807) is 0 Å². The second-order valence-corrected chi connectivity index (χ2v) is 6.94. The highest BCUT2D eigenvalue weighted by Crippen LogP contribution is 2.51. The van der Waals surface area contributed by atoms with Gasteiger partial charge in [0.15, 0.2) is 0 Å². The van der Waals surface area contributed by atoms with Crippen LogP contribution in [-0.4, -0.2) is 72.0 Å². The summed E-state index contributed by atoms with van der Waals surface area (Å²) in [6.45, 7) is 4.23. The Balaban J connectivity index is 0. The number of aliphatic carboxylic acids is 1. The molecule has 20 heteroatoms. The van der Waals surface area contributed by atoms with Crippen molar-refractivity contribution in [1.29, 1.82) is 0 Å². The fraction of sp³-hybridized carbons (Fsp3) is 0.667. The number of carbonyl (C=O) groups excluding carboxylic acids is 1. The van der Waals surface area contributed by atoms with Crippen molar-refractivity contribution < 1.29 is 89.7 Å². The van der Waals surface area contributed by atoms with E-state index in [0.717, 1.165) is 0 Å². The molecule has 0 aromatic heterocycles. The van der Waals surface area contributed by atoms with Gasteiger partial charge in [-0.1, -0.05) is 13.2 Å². The van der Waals surface area contributed by atoms with Gasteiger partial charge in [-0.15, -0.1) is 0 Å². The van der Waals surface area contributed by atoms with Gasteiger partial charge in [0.25, 0.3) is 0 Å². The summed E-state index contributed by atoms with van der Waals surface area (Å²) in [4.78, 5) is 20.6. The average molecular weight is 600 g/mol. The summed E-state index contributed by atoms with van der Waals surface area (Å²) in [6, 6.07) is 0. The van der Waals surface area contributed by atoms with Crippen molar-refractivity contribution >= 4 is 11.9 Å². The summed E-state index contributed by atoms with van der Waals surface area (Å²) >= 11 is 0. The maximum Gasteiger partial charge on any atom is 0.377 e. The SMILES string of the molecule is C=C(CCC(F)(F)C(F)(F)C(F)(F)C(F)F)C(=O)O.C=CC(=O)OCCC(F)(F)C(F)(F)C(F)(F)C(F)F. The quantitative estimate of drug-likeness (QED) is 0.135. The van der Waals surface area contributed by atoms with E-state index < -0.39 is 91.8 Å². The van der Waals surface area contributed by atoms with Crippen molar-refractivity contribution in [2.75, 3.05) is 6.61 Å². The van der Waals surface area contributed by atoms with Crippen molar-refractivity contribution in [1.82, 2.24) is 0 Å². The lowest BCUT2D eigenvalue weighted by atomic mass is 9.98. The first-order valence-electron chi connectivity index (χ1n) is 9.20. The molecule has 0 atom stereocenters. The molecular weight excluding hydrogens is 584 g/mol. The molecule has 38 heavy (non-hydrogen) atoms. The van der Waals surface area contributed by atoms with Gasteiger partial charge in [0.2, 0.25) is 0 Å². The Hall–Kier alpha value is -2.70. The van der Waals surface area contributed by atoms with Crippen LogP contribution in [0.1, 0.15) is 19.3 Å². The predicted octanol–water partition coefficient (Wildman–Crippen LogP) is 6.86. The van der Waals surface area contributed by atoms with E-state index >= 15 is 0 Å². The second-order valence-electron chi connectivity index (χ2n) is 6.94. The molecule has 0 aromatic carbocycles. The third-order valence-electron chi connectivity index (χ3n) is 4.17. The number of carboxylic acids is 1. The first-order valence-corrected chi connectivity index (χ1v) is 9.20. The topological polar surface area (TPSA) is 63.6 Å². The van der Waals surface area contributed by atoms with Crippen molar-refractivity contribution in [3.8, 4) is 0 Å². The van der Waals surface area contributed by atoms with Crippen molar-refractivity contribution in [3.05, 3.63) is 24.8 Å². The fourth-order valence-corrected chi connectivity index (χ4v) is 1.83. The third-order valence-corrected chi connectivity index (χ3v) is 4.17. The monoisotopic (exact) mass is 600 g/mol. The maximum absolute atomic E-state index is 12.9. The van der Waals surface area contributed by atoms with E-state index in [9.17, 15) is 79.8 Å². The van der Waals surface area contributed by atoms with Gasteiger partial charge >= 0.3 is 60.3 Å². The van der Waals surface area contributed by atoms with Crippen LogP contribution in [-0.2, 0) is 14.3 Å². The number of halogens is 16. The molecule has 224 valence electrons. The zero-order chi connectivity index (χ0) is 31.1. The number of carboxylic acid groups (broad SMARTS) is 1. The zero-order valence-electron chi connectivity index (χ0n) is 18.2. The lowest BCUT2D eigenvalue weighted by Gasteiger charge is -2.32. The molecule has 0 aromatic rings. The number of hydrogen-bond acceptors (Lipinski definition) is 3. The summed E-state index contributed by atoms with van der Waals surface area (Å²) < 4.78 is 202. The van der Waals surface area contributed by atoms with Crippen LogP contribution in [0.4, 0.5) is 70.2 Å². The van der Waals surface area contributed by atoms with E-state index in [2.05, 4.69) is 17.9 Å². The summed E-state index contributed by atoms with van der Waals surface area (Å²) in [5, 5.41) is 8.23. The van der Waals surface area contributed by atoms with Crippen LogP contribution in [0, 0.1) is 0 Å². The maximum atomic E-state index is 12.9. The van der Waals surface area contributed by atoms with E-state index in [-0.39, 0.29) is 0 Å². The Morgan fingerprint density at radius 2 is 1.08 bits per heavy atom. The largest absolute Gasteiger partial charge is 0.478 e. The minimum absolute atomic E-state index is 0.518. The molecule has 0 aliphatic carbocycles. The van der Waals surface area contributed by atoms with Gasteiger partial charge in [-0.05, 0) is 6.42 Å². The van der Waals surface area contributed by atoms with Crippen LogP contribution in [0.2, 0.25) is 0 Å². The lowest BCUT2D eigenvalue weighted by Crippen LogP contribution is -2.57. The standard InChI is InChI=1S/2C9H8F8O2/c1-4(5(18)19)2-3-7(12,13)9(16,17)8(14,15)6(10)11;1-2-5(18)19-4-3-7(12,13)9(16,17)8(14,15)6(10)11/h6H,1-3H2,(H,18,19);2,6H,1,3-4H2. The molecule has 0 fully saturated rings. The second kappa shape index (κ2) is 12.9. The van der Waals surface area contributed by atoms with Gasteiger partial charge in [0.1, 0.15) is 0 Å². The molecule has 0 heterocycles. The first-order chi connectivity index (χ1) is 16.7. The van der Waals surface area contributed by atoms with Crippen LogP contribution in [0.25, 0.3) is 0 Å². The van der Waals surface area contributed by atoms with E-state index in [1.807, 2.05) is 0 Å². The normalized spacial score (nSPS) is 13.6. The zero-order valence-corrected chi connectivity index (χ0v) is 18.2. The molecule has 0 unspecified atom stereocenters. The summed E-state index contributed by atoms with van der Waals surface area (Å²) in [6.07, 6.45) is -14.8. The molecule has 0 rings (SSSR count). The van der Waals surface area contributed by atoms with Gasteiger partial charge in [-0.2, -0.15) is 52.7 Å². The summed E-state index contributed by atoms with van der Waals surface area (Å²) in [7, 11) is 0. The molecule has 0 spiro atoms. The van der Waals surface area contributed by atoms with E-state index in [4.69, 9.17) is 5.11 Å². The Labute approximate surface area is 201 Å². The van der Waals surface area contributed by atoms with Crippen LogP contribution >= 0.6 is 0 Å². The first kappa shape index (κ1) is 37.5. The molecule has 0 saturated carbocycles. The van der Waals surface area contributed by atoms with Crippen LogP contribution in [0.3, 0.4) is 0 Å². The number of alkyl halides is 16. The summed E-state index contributed by atoms with van der Waals surface area (Å²) in [5.41, 5.74) is -0.934. The average Bonchev–Trinajstić information content (AvgIpc) is 2.76. The summed E-state index contributed by atoms with van der Waals surface area (Å²) in [5.74, 6) is -39.1. The Kier molecular flexibility index (Phi) is 12.7. The van der Waals surface area contributed by atoms with Crippen LogP contribution in [0.15, 0.2) is 24.8 Å². The molecule has 1 N–H and O–H groups in total. The van der Waals surface area contributed by atoms with Gasteiger partial charge < -0.3 is 9.84 Å². The van der Waals surface area contributed by atoms with E-state index in [0.29, 0.717) is 6.08 Å². The molecule has 0 amide bonds. The van der Waals surface area contributed by atoms with Crippen LogP contribution < -0.4 is 0 Å². The molecule has 0 radical (unpaired) electrons. The van der Waals surface area contributed by atoms with Gasteiger partial charge in [0.05, 0.1) is 13.0 Å². The molecule has 0 aliphatic heterocycles. The van der Waals surface area contributed by atoms with Crippen LogP contribution in [0.5, 0.6) is 0 Å². The number of esters is 1. The molecule has 0 saturated heterocycles. The molecule has 0 aliphatic rings. The number of hydrogen-bond donors (Lipinski definition) is 1. The fourth-order valence-electron chi connectivity index (χ4n) is 1.83. The highest BCUT2D eigenvalue weighted by molar-refractivity contribution is 5.85. The molecule has 4 nitrogen and oxygen atoms in total. The molecule has 0 bridgehead atoms. The molecular formula is C18H16F16O4. The van der Waals surface area contributed by atoms with Gasteiger partial charge in [0, 0.05) is 18.1 Å². The lowest BCUT2D eigenvalue weighted by molar-refractivity contribution is -0.340. The Morgan fingerprint density at radius 3 is 1.37 bits per heavy atom. The number of carbonyl (C=O) groups is 2. The Morgan fingerprint density at radius 1 is 0.737 bits per heavy atom. The highest BCUT2D eigenvalue weighted by atomic mass is 19.4. The highest BCUT2D eigenvalue weighted by Gasteiger charge is 2.75. The van der Waals surface area contributed by atoms with Crippen molar-refractivity contribution in [2.24, 2.45) is 0 Å². The van der Waals surface area contributed by atoms with Gasteiger partial charge in [-0.3, -0.25) is 0 Å². The number of rotatable bonds is 14. The Bertz CT molecular complexity index is 836. The van der Waals surface area contributed by atoms with E-state index in [1.165, 1.54) is 0 Å². The predicted molar refractivity (Wildman–Crippen MR) is 93.5 cm³/mol. The van der Waals surface area contributed by atoms with Crippen molar-refractivity contribution in [3.63, 3.8) is 0 Å². The number of ether oxygens (including phenoxy) is 1. The smallest absolute Gasteiger partial charge is 0.377 e. The van der Waals surface area contributed by atoms with Crippen molar-refractivity contribution in [2.45, 2.75) is 67.6 Å². The minimum Gasteiger partial charge on any atom is -0.478 e. The third kappa shape index (κ3) is 8.40. The van der Waals surface area contributed by atoms with Gasteiger partial charge in [-0.25, -0.2) is 27.2 Å². The minimum atomic E-state index is -6.31.